The minimum Gasteiger partial charge on any atom is -0.311 e. The summed E-state index contributed by atoms with van der Waals surface area (Å²) in [5, 5.41) is 3.37. The molecule has 0 aromatic heterocycles. The monoisotopic (exact) mass is 252 g/mol. The van der Waals surface area contributed by atoms with Gasteiger partial charge in [-0.05, 0) is 19.8 Å². The van der Waals surface area contributed by atoms with Crippen LogP contribution in [0.4, 0.5) is 13.2 Å². The van der Waals surface area contributed by atoms with Crippen molar-refractivity contribution in [3.8, 4) is 0 Å². The van der Waals surface area contributed by atoms with Gasteiger partial charge in [0.15, 0.2) is 0 Å². The van der Waals surface area contributed by atoms with Crippen molar-refractivity contribution in [1.82, 2.24) is 10.2 Å². The molecule has 1 rings (SSSR count). The Morgan fingerprint density at radius 3 is 2.47 bits per heavy atom. The van der Waals surface area contributed by atoms with E-state index in [9.17, 15) is 13.2 Å². The molecule has 0 spiro atoms. The van der Waals surface area contributed by atoms with Crippen LogP contribution in [0, 0.1) is 0 Å². The third-order valence-electron chi connectivity index (χ3n) is 3.74. The fraction of sp³-hybridized carbons (Fsp3) is 1.00. The minimum absolute atomic E-state index is 0.196. The van der Waals surface area contributed by atoms with Crippen molar-refractivity contribution < 1.29 is 13.2 Å². The van der Waals surface area contributed by atoms with Gasteiger partial charge in [0.05, 0.1) is 6.54 Å². The van der Waals surface area contributed by atoms with Crippen LogP contribution in [0.3, 0.4) is 0 Å². The zero-order valence-corrected chi connectivity index (χ0v) is 10.9. The highest BCUT2D eigenvalue weighted by Crippen LogP contribution is 2.28. The lowest BCUT2D eigenvalue weighted by molar-refractivity contribution is -0.163. The molecule has 1 aliphatic rings. The van der Waals surface area contributed by atoms with Gasteiger partial charge in [-0.25, -0.2) is 0 Å². The highest BCUT2D eigenvalue weighted by molar-refractivity contribution is 4.95. The standard InChI is InChI=1S/C12H23F3N2/c1-4-6-10-7-17(9-12(13,14)15)11(3,5-2)8-16-10/h10,16H,4-9H2,1-3H3. The van der Waals surface area contributed by atoms with Crippen molar-refractivity contribution in [3.05, 3.63) is 0 Å². The summed E-state index contributed by atoms with van der Waals surface area (Å²) in [7, 11) is 0. The Kier molecular flexibility index (Phi) is 4.84. The van der Waals surface area contributed by atoms with E-state index in [0.717, 1.165) is 19.3 Å². The maximum Gasteiger partial charge on any atom is 0.401 e. The third kappa shape index (κ3) is 4.14. The van der Waals surface area contributed by atoms with E-state index < -0.39 is 12.7 Å². The van der Waals surface area contributed by atoms with Crippen LogP contribution in [-0.2, 0) is 0 Å². The number of piperazine rings is 1. The van der Waals surface area contributed by atoms with E-state index >= 15 is 0 Å². The van der Waals surface area contributed by atoms with Crippen molar-refractivity contribution in [1.29, 1.82) is 0 Å². The van der Waals surface area contributed by atoms with Crippen molar-refractivity contribution in [2.75, 3.05) is 19.6 Å². The van der Waals surface area contributed by atoms with Crippen molar-refractivity contribution in [2.45, 2.75) is 57.8 Å². The molecular formula is C12H23F3N2. The van der Waals surface area contributed by atoms with Gasteiger partial charge < -0.3 is 5.32 Å². The number of hydrogen-bond acceptors (Lipinski definition) is 2. The molecule has 1 fully saturated rings. The first-order chi connectivity index (χ1) is 7.80. The average Bonchev–Trinajstić information content (AvgIpc) is 2.22. The molecular weight excluding hydrogens is 229 g/mol. The summed E-state index contributed by atoms with van der Waals surface area (Å²) in [5.41, 5.74) is -0.375. The smallest absolute Gasteiger partial charge is 0.311 e. The Bertz CT molecular complexity index is 242. The number of hydrogen-bond donors (Lipinski definition) is 1. The Morgan fingerprint density at radius 1 is 1.35 bits per heavy atom. The van der Waals surface area contributed by atoms with Crippen molar-refractivity contribution in [3.63, 3.8) is 0 Å². The van der Waals surface area contributed by atoms with Crippen LogP contribution in [-0.4, -0.2) is 42.3 Å². The largest absolute Gasteiger partial charge is 0.401 e. The summed E-state index contributed by atoms with van der Waals surface area (Å²) in [6.07, 6.45) is -1.44. The molecule has 2 nitrogen and oxygen atoms in total. The molecule has 0 bridgehead atoms. The lowest BCUT2D eigenvalue weighted by atomic mass is 9.91. The van der Waals surface area contributed by atoms with E-state index in [0.29, 0.717) is 13.1 Å². The van der Waals surface area contributed by atoms with Crippen LogP contribution < -0.4 is 5.32 Å². The Balaban J connectivity index is 2.70. The van der Waals surface area contributed by atoms with E-state index in [1.54, 1.807) is 4.90 Å². The van der Waals surface area contributed by atoms with Gasteiger partial charge in [0, 0.05) is 24.7 Å². The van der Waals surface area contributed by atoms with Gasteiger partial charge >= 0.3 is 6.18 Å². The lowest BCUT2D eigenvalue weighted by Gasteiger charge is -2.48. The zero-order valence-electron chi connectivity index (χ0n) is 10.9. The van der Waals surface area contributed by atoms with Gasteiger partial charge in [0.2, 0.25) is 0 Å². The van der Waals surface area contributed by atoms with E-state index in [4.69, 9.17) is 0 Å². The summed E-state index contributed by atoms with van der Waals surface area (Å²) >= 11 is 0. The van der Waals surface area contributed by atoms with Crippen LogP contribution in [0.1, 0.15) is 40.0 Å². The molecule has 0 radical (unpaired) electrons. The summed E-state index contributed by atoms with van der Waals surface area (Å²) in [6.45, 7) is 6.27. The molecule has 0 aromatic rings. The number of rotatable bonds is 4. The first-order valence-corrected chi connectivity index (χ1v) is 6.36. The van der Waals surface area contributed by atoms with E-state index in [1.807, 2.05) is 13.8 Å². The molecule has 1 aliphatic heterocycles. The van der Waals surface area contributed by atoms with Crippen molar-refractivity contribution in [2.24, 2.45) is 0 Å². The van der Waals surface area contributed by atoms with Crippen LogP contribution in [0.5, 0.6) is 0 Å². The van der Waals surface area contributed by atoms with Gasteiger partial charge in [0.25, 0.3) is 0 Å². The SMILES string of the molecule is CCCC1CN(CC(F)(F)F)C(C)(CC)CN1. The van der Waals surface area contributed by atoms with Gasteiger partial charge in [0.1, 0.15) is 0 Å². The van der Waals surface area contributed by atoms with Gasteiger partial charge in [-0.3, -0.25) is 4.90 Å². The fourth-order valence-corrected chi connectivity index (χ4v) is 2.39. The summed E-state index contributed by atoms with van der Waals surface area (Å²) < 4.78 is 37.7. The Morgan fingerprint density at radius 2 is 2.00 bits per heavy atom. The molecule has 0 aliphatic carbocycles. The normalized spacial score (nSPS) is 31.8. The lowest BCUT2D eigenvalue weighted by Crippen LogP contribution is -2.64. The molecule has 5 heteroatoms. The Hall–Kier alpha value is -0.290. The maximum absolute atomic E-state index is 12.6. The van der Waals surface area contributed by atoms with Crippen LogP contribution in [0.15, 0.2) is 0 Å². The number of halogens is 3. The van der Waals surface area contributed by atoms with Crippen molar-refractivity contribution >= 4 is 0 Å². The molecule has 17 heavy (non-hydrogen) atoms. The molecule has 102 valence electrons. The summed E-state index contributed by atoms with van der Waals surface area (Å²) in [5.74, 6) is 0. The average molecular weight is 252 g/mol. The van der Waals surface area contributed by atoms with Crippen LogP contribution in [0.25, 0.3) is 0 Å². The van der Waals surface area contributed by atoms with Gasteiger partial charge in [-0.2, -0.15) is 13.2 Å². The van der Waals surface area contributed by atoms with E-state index in [-0.39, 0.29) is 11.6 Å². The Labute approximate surface area is 102 Å². The molecule has 2 atom stereocenters. The van der Waals surface area contributed by atoms with Gasteiger partial charge in [-0.15, -0.1) is 0 Å². The number of nitrogens with one attached hydrogen (secondary N) is 1. The number of nitrogens with zero attached hydrogens (tertiary/aromatic N) is 1. The van der Waals surface area contributed by atoms with E-state index in [1.165, 1.54) is 0 Å². The zero-order chi connectivity index (χ0) is 13.1. The quantitative estimate of drug-likeness (QED) is 0.827. The van der Waals surface area contributed by atoms with Crippen LogP contribution >= 0.6 is 0 Å². The molecule has 1 N–H and O–H groups in total. The molecule has 2 unspecified atom stereocenters. The molecule has 0 aromatic carbocycles. The first-order valence-electron chi connectivity index (χ1n) is 6.36. The predicted octanol–water partition coefficient (Wildman–Crippen LogP) is 2.79. The van der Waals surface area contributed by atoms with E-state index in [2.05, 4.69) is 12.2 Å². The second kappa shape index (κ2) is 5.57. The first kappa shape index (κ1) is 14.8. The summed E-state index contributed by atoms with van der Waals surface area (Å²) in [6, 6.07) is 0.196. The predicted molar refractivity (Wildman–Crippen MR) is 63.0 cm³/mol. The molecule has 0 amide bonds. The highest BCUT2D eigenvalue weighted by atomic mass is 19.4. The molecule has 1 saturated heterocycles. The topological polar surface area (TPSA) is 15.3 Å². The molecule has 0 saturated carbocycles. The van der Waals surface area contributed by atoms with Crippen LogP contribution in [0.2, 0.25) is 0 Å². The maximum atomic E-state index is 12.6. The second-order valence-electron chi connectivity index (χ2n) is 5.21. The second-order valence-corrected chi connectivity index (χ2v) is 5.21. The summed E-state index contributed by atoms with van der Waals surface area (Å²) in [4.78, 5) is 1.60. The number of alkyl halides is 3. The fourth-order valence-electron chi connectivity index (χ4n) is 2.39. The third-order valence-corrected chi connectivity index (χ3v) is 3.74. The molecule has 1 heterocycles. The minimum atomic E-state index is -4.11. The highest BCUT2D eigenvalue weighted by Gasteiger charge is 2.42. The van der Waals surface area contributed by atoms with Gasteiger partial charge in [-0.1, -0.05) is 20.3 Å².